The van der Waals surface area contributed by atoms with Crippen LogP contribution in [0.5, 0.6) is 0 Å². The zero-order chi connectivity index (χ0) is 14.2. The highest BCUT2D eigenvalue weighted by Gasteiger charge is 2.46. The minimum atomic E-state index is 0.256. The molecule has 3 rings (SSSR count). The summed E-state index contributed by atoms with van der Waals surface area (Å²) in [5.74, 6) is 0. The fourth-order valence-corrected chi connectivity index (χ4v) is 4.45. The highest BCUT2D eigenvalue weighted by Crippen LogP contribution is 2.52. The van der Waals surface area contributed by atoms with Crippen molar-refractivity contribution < 1.29 is 0 Å². The van der Waals surface area contributed by atoms with Crippen LogP contribution in [0.4, 0.5) is 0 Å². The summed E-state index contributed by atoms with van der Waals surface area (Å²) < 4.78 is 4.08. The van der Waals surface area contributed by atoms with Crippen molar-refractivity contribution >= 4 is 11.9 Å². The molecule has 0 aromatic heterocycles. The van der Waals surface area contributed by atoms with Crippen LogP contribution in [0.2, 0.25) is 0 Å². The third-order valence-corrected chi connectivity index (χ3v) is 5.57. The van der Waals surface area contributed by atoms with Gasteiger partial charge in [-0.15, -0.1) is 0 Å². The Balaban J connectivity index is 1.87. The average molecular weight is 290 g/mol. The number of benzene rings is 1. The van der Waals surface area contributed by atoms with Gasteiger partial charge in [0.05, 0.1) is 0 Å². The topological polar surface area (TPSA) is 24.1 Å². The number of fused-ring (bicyclic) bond motifs is 1. The summed E-state index contributed by atoms with van der Waals surface area (Å²) in [7, 11) is 0. The lowest BCUT2D eigenvalue weighted by Crippen LogP contribution is -2.43. The SMILES string of the molecule is CC(C)(C)SNC1c2ccccc2CC12CCNCC2. The fraction of sp³-hybridized carbons (Fsp3) is 0.647. The Bertz CT molecular complexity index is 472. The summed E-state index contributed by atoms with van der Waals surface area (Å²) in [5, 5.41) is 3.52. The first-order valence-electron chi connectivity index (χ1n) is 7.72. The Morgan fingerprint density at radius 3 is 2.60 bits per heavy atom. The molecule has 0 saturated carbocycles. The molecule has 2 N–H and O–H groups in total. The molecule has 110 valence electrons. The molecular weight excluding hydrogens is 264 g/mol. The highest BCUT2D eigenvalue weighted by molar-refractivity contribution is 7.98. The maximum Gasteiger partial charge on any atom is 0.0484 e. The van der Waals surface area contributed by atoms with E-state index >= 15 is 0 Å². The Morgan fingerprint density at radius 1 is 1.20 bits per heavy atom. The fourth-order valence-electron chi connectivity index (χ4n) is 3.60. The van der Waals surface area contributed by atoms with Crippen LogP contribution in [0.3, 0.4) is 0 Å². The molecule has 2 aliphatic rings. The molecule has 0 bridgehead atoms. The van der Waals surface area contributed by atoms with Crippen LogP contribution in [-0.4, -0.2) is 17.8 Å². The molecule has 1 fully saturated rings. The minimum absolute atomic E-state index is 0.256. The van der Waals surface area contributed by atoms with Gasteiger partial charge >= 0.3 is 0 Å². The second kappa shape index (κ2) is 5.36. The van der Waals surface area contributed by atoms with Gasteiger partial charge in [-0.05, 0) is 69.7 Å². The molecule has 2 nitrogen and oxygen atoms in total. The normalized spacial score (nSPS) is 24.9. The van der Waals surface area contributed by atoms with E-state index in [1.54, 1.807) is 5.56 Å². The smallest absolute Gasteiger partial charge is 0.0484 e. The van der Waals surface area contributed by atoms with Crippen molar-refractivity contribution in [2.24, 2.45) is 5.41 Å². The molecule has 1 aliphatic heterocycles. The lowest BCUT2D eigenvalue weighted by atomic mass is 9.73. The van der Waals surface area contributed by atoms with Crippen LogP contribution in [0.15, 0.2) is 24.3 Å². The van der Waals surface area contributed by atoms with E-state index in [1.165, 1.54) is 24.8 Å². The van der Waals surface area contributed by atoms with Crippen molar-refractivity contribution in [1.82, 2.24) is 10.0 Å². The predicted octanol–water partition coefficient (Wildman–Crippen LogP) is 3.69. The first-order chi connectivity index (χ1) is 9.50. The van der Waals surface area contributed by atoms with Gasteiger partial charge in [-0.2, -0.15) is 0 Å². The second-order valence-electron chi connectivity index (χ2n) is 7.25. The van der Waals surface area contributed by atoms with Crippen molar-refractivity contribution in [3.8, 4) is 0 Å². The van der Waals surface area contributed by atoms with Crippen LogP contribution in [-0.2, 0) is 6.42 Å². The van der Waals surface area contributed by atoms with Crippen LogP contribution >= 0.6 is 11.9 Å². The van der Waals surface area contributed by atoms with E-state index in [2.05, 4.69) is 55.1 Å². The van der Waals surface area contributed by atoms with Crippen LogP contribution < -0.4 is 10.0 Å². The molecule has 1 heterocycles. The van der Waals surface area contributed by atoms with E-state index < -0.39 is 0 Å². The van der Waals surface area contributed by atoms with Crippen LogP contribution in [0.1, 0.15) is 50.8 Å². The van der Waals surface area contributed by atoms with Gasteiger partial charge in [0.15, 0.2) is 0 Å². The van der Waals surface area contributed by atoms with Crippen molar-refractivity contribution in [2.75, 3.05) is 13.1 Å². The minimum Gasteiger partial charge on any atom is -0.317 e. The Hall–Kier alpha value is -0.510. The summed E-state index contributed by atoms with van der Waals surface area (Å²) in [6.45, 7) is 9.15. The monoisotopic (exact) mass is 290 g/mol. The predicted molar refractivity (Wildman–Crippen MR) is 87.9 cm³/mol. The molecule has 1 atom stereocenters. The molecular formula is C17H26N2S. The number of nitrogens with one attached hydrogen (secondary N) is 2. The molecule has 20 heavy (non-hydrogen) atoms. The van der Waals surface area contributed by atoms with Crippen LogP contribution in [0, 0.1) is 5.41 Å². The molecule has 3 heteroatoms. The molecule has 1 aromatic carbocycles. The first kappa shape index (κ1) is 14.4. The molecule has 1 saturated heterocycles. The third-order valence-electron chi connectivity index (χ3n) is 4.60. The van der Waals surface area contributed by atoms with E-state index in [0.29, 0.717) is 11.5 Å². The lowest BCUT2D eigenvalue weighted by molar-refractivity contribution is 0.166. The Morgan fingerprint density at radius 2 is 1.90 bits per heavy atom. The van der Waals surface area contributed by atoms with Gasteiger partial charge in [-0.25, -0.2) is 0 Å². The summed E-state index contributed by atoms with van der Waals surface area (Å²) in [4.78, 5) is 0. The summed E-state index contributed by atoms with van der Waals surface area (Å²) in [6.07, 6.45) is 3.81. The second-order valence-corrected chi connectivity index (χ2v) is 8.92. The van der Waals surface area contributed by atoms with Crippen molar-refractivity contribution in [2.45, 2.75) is 50.8 Å². The van der Waals surface area contributed by atoms with E-state index in [-0.39, 0.29) is 4.75 Å². The molecule has 0 amide bonds. The van der Waals surface area contributed by atoms with Crippen LogP contribution in [0.25, 0.3) is 0 Å². The van der Waals surface area contributed by atoms with Gasteiger partial charge in [0.25, 0.3) is 0 Å². The zero-order valence-corrected chi connectivity index (χ0v) is 13.6. The quantitative estimate of drug-likeness (QED) is 0.812. The van der Waals surface area contributed by atoms with Crippen molar-refractivity contribution in [3.63, 3.8) is 0 Å². The summed E-state index contributed by atoms with van der Waals surface area (Å²) in [5.41, 5.74) is 3.51. The Kier molecular flexibility index (Phi) is 3.87. The van der Waals surface area contributed by atoms with Gasteiger partial charge in [0.1, 0.15) is 0 Å². The number of hydrogen-bond acceptors (Lipinski definition) is 3. The highest BCUT2D eigenvalue weighted by atomic mass is 32.2. The van der Waals surface area contributed by atoms with E-state index in [0.717, 1.165) is 13.1 Å². The molecule has 1 aliphatic carbocycles. The number of hydrogen-bond donors (Lipinski definition) is 2. The number of rotatable bonds is 2. The van der Waals surface area contributed by atoms with Gasteiger partial charge < -0.3 is 5.32 Å². The molecule has 1 spiro atoms. The average Bonchev–Trinajstić information content (AvgIpc) is 2.69. The van der Waals surface area contributed by atoms with Gasteiger partial charge in [0.2, 0.25) is 0 Å². The lowest BCUT2D eigenvalue weighted by Gasteiger charge is -2.40. The van der Waals surface area contributed by atoms with Gasteiger partial charge in [0, 0.05) is 10.8 Å². The first-order valence-corrected chi connectivity index (χ1v) is 8.54. The van der Waals surface area contributed by atoms with E-state index in [1.807, 2.05) is 11.9 Å². The van der Waals surface area contributed by atoms with Crippen molar-refractivity contribution in [1.29, 1.82) is 0 Å². The zero-order valence-electron chi connectivity index (χ0n) is 12.8. The third kappa shape index (κ3) is 2.76. The standard InChI is InChI=1S/C17H26N2S/c1-16(2,3)20-19-15-14-7-5-4-6-13(14)12-17(15)8-10-18-11-9-17/h4-7,15,18-19H,8-12H2,1-3H3. The largest absolute Gasteiger partial charge is 0.317 e. The molecule has 0 radical (unpaired) electrons. The summed E-state index contributed by atoms with van der Waals surface area (Å²) >= 11 is 1.89. The van der Waals surface area contributed by atoms with Gasteiger partial charge in [-0.3, -0.25) is 4.72 Å². The van der Waals surface area contributed by atoms with Gasteiger partial charge in [-0.1, -0.05) is 36.2 Å². The Labute approximate surface area is 127 Å². The van der Waals surface area contributed by atoms with E-state index in [9.17, 15) is 0 Å². The maximum absolute atomic E-state index is 3.83. The maximum atomic E-state index is 3.83. The van der Waals surface area contributed by atoms with E-state index in [4.69, 9.17) is 0 Å². The van der Waals surface area contributed by atoms with Crippen molar-refractivity contribution in [3.05, 3.63) is 35.4 Å². The molecule has 1 aromatic rings. The summed E-state index contributed by atoms with van der Waals surface area (Å²) in [6, 6.07) is 9.53. The molecule has 1 unspecified atom stereocenters. The number of piperidine rings is 1.